The van der Waals surface area contributed by atoms with Crippen molar-refractivity contribution in [1.29, 1.82) is 0 Å². The zero-order chi connectivity index (χ0) is 18.9. The summed E-state index contributed by atoms with van der Waals surface area (Å²) in [6, 6.07) is 24.9. The molecule has 5 aromatic rings. The number of aromatic nitrogens is 3. The molecule has 0 amide bonds. The van der Waals surface area contributed by atoms with E-state index in [2.05, 4.69) is 63.5 Å². The molecule has 0 unspecified atom stereocenters. The molecule has 0 spiro atoms. The lowest BCUT2D eigenvalue weighted by Gasteiger charge is -2.09. The van der Waals surface area contributed by atoms with Gasteiger partial charge in [0.25, 0.3) is 0 Å². The number of rotatable bonds is 3. The van der Waals surface area contributed by atoms with Gasteiger partial charge in [-0.25, -0.2) is 15.0 Å². The van der Waals surface area contributed by atoms with Crippen LogP contribution in [-0.2, 0) is 6.42 Å². The van der Waals surface area contributed by atoms with E-state index in [1.807, 2.05) is 30.5 Å². The number of nitrogens with zero attached hydrogens (tertiary/aromatic N) is 3. The topological polar surface area (TPSA) is 38.7 Å². The van der Waals surface area contributed by atoms with Crippen molar-refractivity contribution >= 4 is 33.4 Å². The quantitative estimate of drug-likeness (QED) is 0.355. The van der Waals surface area contributed by atoms with Crippen molar-refractivity contribution in [3.05, 3.63) is 102 Å². The van der Waals surface area contributed by atoms with Gasteiger partial charge in [-0.05, 0) is 46.5 Å². The van der Waals surface area contributed by atoms with Crippen LogP contribution in [0.1, 0.15) is 11.1 Å². The summed E-state index contributed by atoms with van der Waals surface area (Å²) in [6.07, 6.45) is 4.17. The third kappa shape index (κ3) is 3.21. The Balaban J connectivity index is 1.58. The predicted molar refractivity (Wildman–Crippen MR) is 115 cm³/mol. The Bertz CT molecular complexity index is 1300. The summed E-state index contributed by atoms with van der Waals surface area (Å²) in [7, 11) is 0. The van der Waals surface area contributed by atoms with Crippen molar-refractivity contribution in [2.75, 3.05) is 0 Å². The maximum Gasteiger partial charge on any atom is 0.133 e. The summed E-state index contributed by atoms with van der Waals surface area (Å²) in [5, 5.41) is 2.67. The van der Waals surface area contributed by atoms with Crippen molar-refractivity contribution in [3.63, 3.8) is 0 Å². The summed E-state index contributed by atoms with van der Waals surface area (Å²) in [6.45, 7) is 0. The van der Waals surface area contributed by atoms with Gasteiger partial charge in [-0.2, -0.15) is 0 Å². The van der Waals surface area contributed by atoms with Crippen LogP contribution in [0.15, 0.2) is 85.3 Å². The number of halogens is 1. The van der Waals surface area contributed by atoms with E-state index in [0.29, 0.717) is 5.15 Å². The highest BCUT2D eigenvalue weighted by Crippen LogP contribution is 2.29. The van der Waals surface area contributed by atoms with Crippen molar-refractivity contribution in [2.45, 2.75) is 6.42 Å². The Morgan fingerprint density at radius 1 is 0.750 bits per heavy atom. The highest BCUT2D eigenvalue weighted by molar-refractivity contribution is 6.30. The minimum absolute atomic E-state index is 0.562. The fraction of sp³-hybridized carbons (Fsp3) is 0.0417. The Morgan fingerprint density at radius 3 is 2.46 bits per heavy atom. The molecule has 5 rings (SSSR count). The third-order valence-corrected chi connectivity index (χ3v) is 5.25. The minimum Gasteiger partial charge on any atom is -0.244 e. The number of hydrogen-bond acceptors (Lipinski definition) is 3. The lowest BCUT2D eigenvalue weighted by Crippen LogP contribution is -1.93. The molecular weight excluding hydrogens is 366 g/mol. The van der Waals surface area contributed by atoms with Gasteiger partial charge in [-0.3, -0.25) is 0 Å². The molecule has 0 radical (unpaired) electrons. The molecule has 0 aliphatic rings. The first-order valence-electron chi connectivity index (χ1n) is 9.09. The second-order valence-electron chi connectivity index (χ2n) is 6.80. The molecule has 4 heteroatoms. The van der Waals surface area contributed by atoms with Crippen LogP contribution in [0, 0.1) is 0 Å². The normalized spacial score (nSPS) is 11.2. The molecule has 0 N–H and O–H groups in total. The van der Waals surface area contributed by atoms with Crippen LogP contribution in [-0.4, -0.2) is 15.0 Å². The van der Waals surface area contributed by atoms with E-state index in [9.17, 15) is 0 Å². The molecule has 28 heavy (non-hydrogen) atoms. The van der Waals surface area contributed by atoms with Gasteiger partial charge in [0.1, 0.15) is 11.5 Å². The molecule has 0 bridgehead atoms. The van der Waals surface area contributed by atoms with Gasteiger partial charge < -0.3 is 0 Å². The summed E-state index contributed by atoms with van der Waals surface area (Å²) >= 11 is 6.45. The first-order valence-corrected chi connectivity index (χ1v) is 9.47. The Labute approximate surface area is 167 Å². The van der Waals surface area contributed by atoms with Crippen LogP contribution in [0.25, 0.3) is 32.9 Å². The monoisotopic (exact) mass is 381 g/mol. The van der Waals surface area contributed by atoms with Crippen LogP contribution in [0.4, 0.5) is 0 Å². The van der Waals surface area contributed by atoms with Gasteiger partial charge in [-0.1, -0.05) is 60.1 Å². The Hall–Kier alpha value is -3.30. The van der Waals surface area contributed by atoms with Crippen LogP contribution in [0.3, 0.4) is 0 Å². The van der Waals surface area contributed by atoms with Crippen molar-refractivity contribution in [3.8, 4) is 11.1 Å². The summed E-state index contributed by atoms with van der Waals surface area (Å²) < 4.78 is 0. The van der Waals surface area contributed by atoms with E-state index in [4.69, 9.17) is 11.6 Å². The maximum atomic E-state index is 6.45. The summed E-state index contributed by atoms with van der Waals surface area (Å²) in [5.41, 5.74) is 6.33. The highest BCUT2D eigenvalue weighted by atomic mass is 35.5. The van der Waals surface area contributed by atoms with Crippen molar-refractivity contribution in [1.82, 2.24) is 15.0 Å². The van der Waals surface area contributed by atoms with Gasteiger partial charge in [0.15, 0.2) is 0 Å². The van der Waals surface area contributed by atoms with Gasteiger partial charge in [0.05, 0.1) is 11.0 Å². The molecule has 3 aromatic carbocycles. The molecule has 2 aromatic heterocycles. The van der Waals surface area contributed by atoms with Gasteiger partial charge in [0, 0.05) is 23.4 Å². The molecule has 3 nitrogen and oxygen atoms in total. The fourth-order valence-electron chi connectivity index (χ4n) is 3.47. The summed E-state index contributed by atoms with van der Waals surface area (Å²) in [5.74, 6) is 0. The van der Waals surface area contributed by atoms with E-state index in [-0.39, 0.29) is 0 Å². The second kappa shape index (κ2) is 7.02. The maximum absolute atomic E-state index is 6.45. The van der Waals surface area contributed by atoms with Gasteiger partial charge in [-0.15, -0.1) is 0 Å². The number of pyridine rings is 1. The van der Waals surface area contributed by atoms with E-state index < -0.39 is 0 Å². The van der Waals surface area contributed by atoms with Gasteiger partial charge >= 0.3 is 0 Å². The van der Waals surface area contributed by atoms with Crippen molar-refractivity contribution < 1.29 is 0 Å². The molecule has 0 saturated heterocycles. The average molecular weight is 382 g/mol. The zero-order valence-corrected chi connectivity index (χ0v) is 15.8. The Morgan fingerprint density at radius 2 is 1.57 bits per heavy atom. The SMILES string of the molecule is Clc1nc2ccc(-c3ccc4cncnc4c3)cc2cc1Cc1ccccc1. The number of hydrogen-bond donors (Lipinski definition) is 0. The van der Waals surface area contributed by atoms with Crippen LogP contribution in [0.5, 0.6) is 0 Å². The average Bonchev–Trinajstić information content (AvgIpc) is 2.74. The van der Waals surface area contributed by atoms with Gasteiger partial charge in [0.2, 0.25) is 0 Å². The fourth-order valence-corrected chi connectivity index (χ4v) is 3.68. The highest BCUT2D eigenvalue weighted by Gasteiger charge is 2.08. The zero-order valence-electron chi connectivity index (χ0n) is 15.0. The molecule has 0 saturated carbocycles. The first kappa shape index (κ1) is 16.8. The largest absolute Gasteiger partial charge is 0.244 e. The number of benzene rings is 3. The van der Waals surface area contributed by atoms with Crippen LogP contribution in [0.2, 0.25) is 5.15 Å². The molecule has 0 aliphatic heterocycles. The standard InChI is InChI=1S/C24H16ClN3/c25-24-21(10-16-4-2-1-3-5-16)12-20-11-17(8-9-22(20)28-24)18-6-7-19-14-26-15-27-23(19)13-18/h1-9,11-15H,10H2. The minimum atomic E-state index is 0.562. The summed E-state index contributed by atoms with van der Waals surface area (Å²) in [4.78, 5) is 13.0. The van der Waals surface area contributed by atoms with E-state index >= 15 is 0 Å². The molecule has 0 fully saturated rings. The molecule has 2 heterocycles. The third-order valence-electron chi connectivity index (χ3n) is 4.92. The molecular formula is C24H16ClN3. The lowest BCUT2D eigenvalue weighted by atomic mass is 10.00. The molecule has 0 atom stereocenters. The van der Waals surface area contributed by atoms with E-state index in [1.54, 1.807) is 6.33 Å². The number of fused-ring (bicyclic) bond motifs is 2. The lowest BCUT2D eigenvalue weighted by molar-refractivity contribution is 1.17. The van der Waals surface area contributed by atoms with E-state index in [1.165, 1.54) is 5.56 Å². The predicted octanol–water partition coefficient (Wildman–Crippen LogP) is 6.09. The Kier molecular flexibility index (Phi) is 4.22. The molecule has 134 valence electrons. The van der Waals surface area contributed by atoms with Crippen LogP contribution < -0.4 is 0 Å². The first-order chi connectivity index (χ1) is 13.8. The van der Waals surface area contributed by atoms with Crippen molar-refractivity contribution in [2.24, 2.45) is 0 Å². The van der Waals surface area contributed by atoms with Crippen LogP contribution >= 0.6 is 11.6 Å². The smallest absolute Gasteiger partial charge is 0.133 e. The second-order valence-corrected chi connectivity index (χ2v) is 7.16. The van der Waals surface area contributed by atoms with E-state index in [0.717, 1.165) is 44.9 Å². The molecule has 0 aliphatic carbocycles.